The Morgan fingerprint density at radius 2 is 1.46 bits per heavy atom. The van der Waals surface area contributed by atoms with Crippen molar-refractivity contribution in [3.05, 3.63) is 203 Å². The number of hydrogen-bond acceptors (Lipinski definition) is 2. The lowest BCUT2D eigenvalue weighted by Crippen LogP contribution is -2.12. The summed E-state index contributed by atoms with van der Waals surface area (Å²) in [4.78, 5) is 4.91. The van der Waals surface area contributed by atoms with Gasteiger partial charge < -0.3 is 0 Å². The van der Waals surface area contributed by atoms with E-state index in [9.17, 15) is 0 Å². The van der Waals surface area contributed by atoms with E-state index < -0.39 is 0 Å². The van der Waals surface area contributed by atoms with Crippen LogP contribution in [0.25, 0.3) is 36.9 Å². The van der Waals surface area contributed by atoms with Gasteiger partial charge in [0.15, 0.2) is 0 Å². The molecule has 1 nitrogen and oxygen atoms in total. The summed E-state index contributed by atoms with van der Waals surface area (Å²) in [5.74, 6) is 1.86. The fourth-order valence-corrected chi connectivity index (χ4v) is 11.0. The molecule has 0 spiro atoms. The zero-order valence-corrected chi connectivity index (χ0v) is 33.7. The van der Waals surface area contributed by atoms with Crippen LogP contribution in [0.5, 0.6) is 0 Å². The van der Waals surface area contributed by atoms with Crippen molar-refractivity contribution in [1.29, 1.82) is 0 Å². The van der Waals surface area contributed by atoms with E-state index in [1.807, 2.05) is 17.5 Å². The van der Waals surface area contributed by atoms with Crippen LogP contribution in [0.15, 0.2) is 186 Å². The van der Waals surface area contributed by atoms with Gasteiger partial charge in [-0.2, -0.15) is 0 Å². The number of thiophene rings is 1. The van der Waals surface area contributed by atoms with Gasteiger partial charge in [0.05, 0.1) is 5.69 Å². The molecule has 9 rings (SSSR count). The molecule has 5 unspecified atom stereocenters. The Kier molecular flexibility index (Phi) is 10.4. The Morgan fingerprint density at radius 1 is 0.696 bits per heavy atom. The third kappa shape index (κ3) is 7.01. The van der Waals surface area contributed by atoms with Crippen molar-refractivity contribution in [2.24, 2.45) is 17.8 Å². The Labute approximate surface area is 337 Å². The normalized spacial score (nSPS) is 27.0. The van der Waals surface area contributed by atoms with E-state index in [4.69, 9.17) is 4.98 Å². The Morgan fingerprint density at radius 3 is 2.21 bits per heavy atom. The standard InChI is InChI=1S/C54H51NS/c1-4-44-45(40-27-25-39(26-28-40)38-15-7-5-8-16-38)33-24-36(2)52(49-21-13-20-48-47-19-11-12-23-51(47)56-54(48)49)37(3)35-50(44)42-31-29-41(30-32-42)46-22-14-34-55-53(46)43-17-9-6-10-18-43/h5-15,17,19-23,25-27,29-36,38,40,43,52H,4,16,18,24,28H2,1-3H3/b37-35-,45-33+,50-44+. The van der Waals surface area contributed by atoms with Crippen LogP contribution in [-0.2, 0) is 0 Å². The molecule has 56 heavy (non-hydrogen) atoms. The van der Waals surface area contributed by atoms with E-state index in [0.29, 0.717) is 29.6 Å². The number of fused-ring (bicyclic) bond motifs is 3. The van der Waals surface area contributed by atoms with Gasteiger partial charge in [-0.25, -0.2) is 0 Å². The number of pyridine rings is 1. The van der Waals surface area contributed by atoms with Gasteiger partial charge in [-0.15, -0.1) is 11.3 Å². The average Bonchev–Trinajstić information content (AvgIpc) is 3.66. The van der Waals surface area contributed by atoms with Crippen LogP contribution >= 0.6 is 11.3 Å². The predicted molar refractivity (Wildman–Crippen MR) is 242 cm³/mol. The monoisotopic (exact) mass is 745 g/mol. The molecule has 0 saturated carbocycles. The molecule has 2 heterocycles. The van der Waals surface area contributed by atoms with Crippen LogP contribution in [0.1, 0.15) is 81.5 Å². The van der Waals surface area contributed by atoms with Crippen LogP contribution in [0.4, 0.5) is 0 Å². The van der Waals surface area contributed by atoms with Gasteiger partial charge in [-0.1, -0.05) is 165 Å². The van der Waals surface area contributed by atoms with Crippen molar-refractivity contribution < 1.29 is 0 Å². The number of nitrogens with zero attached hydrogens (tertiary/aromatic N) is 1. The van der Waals surface area contributed by atoms with Crippen molar-refractivity contribution in [2.45, 2.75) is 64.7 Å². The molecule has 0 radical (unpaired) electrons. The molecule has 5 aromatic rings. The number of rotatable bonds is 7. The summed E-state index contributed by atoms with van der Waals surface area (Å²) >= 11 is 1.96. The molecular weight excluding hydrogens is 695 g/mol. The highest BCUT2D eigenvalue weighted by molar-refractivity contribution is 7.26. The highest BCUT2D eigenvalue weighted by Gasteiger charge is 2.28. The van der Waals surface area contributed by atoms with Gasteiger partial charge in [0.2, 0.25) is 0 Å². The SMILES string of the molecule is CCC1=C(c2ccc(-c3cccnc3C3C=CC=CC3)cc2)/C=C(/C)C(c2cccc3c2sc2ccccc23)C(C)C\C=C\1C1C=CC(C2C=CC=CC2)=CC1. The van der Waals surface area contributed by atoms with Gasteiger partial charge in [0.25, 0.3) is 0 Å². The minimum absolute atomic E-state index is 0.296. The minimum atomic E-state index is 0.296. The first-order valence-electron chi connectivity index (χ1n) is 20.7. The molecule has 0 saturated heterocycles. The summed E-state index contributed by atoms with van der Waals surface area (Å²) in [6.07, 6.45) is 37.6. The quantitative estimate of drug-likeness (QED) is 0.162. The first-order chi connectivity index (χ1) is 27.6. The van der Waals surface area contributed by atoms with Crippen LogP contribution in [0.2, 0.25) is 0 Å². The molecule has 2 aromatic heterocycles. The smallest absolute Gasteiger partial charge is 0.0553 e. The molecule has 3 aromatic carbocycles. The molecule has 0 bridgehead atoms. The summed E-state index contributed by atoms with van der Waals surface area (Å²) < 4.78 is 2.80. The van der Waals surface area contributed by atoms with E-state index in [0.717, 1.165) is 37.8 Å². The lowest BCUT2D eigenvalue weighted by atomic mass is 9.78. The molecule has 4 aliphatic rings. The number of allylic oxidation sites excluding steroid dienone is 18. The maximum Gasteiger partial charge on any atom is 0.0553 e. The molecule has 0 N–H and O–H groups in total. The summed E-state index contributed by atoms with van der Waals surface area (Å²) in [6, 6.07) is 29.7. The summed E-state index contributed by atoms with van der Waals surface area (Å²) in [7, 11) is 0. The molecular formula is C54H51NS. The molecule has 4 aliphatic carbocycles. The number of aromatic nitrogens is 1. The third-order valence-electron chi connectivity index (χ3n) is 12.6. The lowest BCUT2D eigenvalue weighted by molar-refractivity contribution is 0.513. The van der Waals surface area contributed by atoms with E-state index >= 15 is 0 Å². The highest BCUT2D eigenvalue weighted by Crippen LogP contribution is 2.47. The number of benzene rings is 3. The number of hydrogen-bond donors (Lipinski definition) is 0. The van der Waals surface area contributed by atoms with E-state index in [1.165, 1.54) is 70.3 Å². The summed E-state index contributed by atoms with van der Waals surface area (Å²) in [6.45, 7) is 7.24. The summed E-state index contributed by atoms with van der Waals surface area (Å²) in [5.41, 5.74) is 13.6. The van der Waals surface area contributed by atoms with Crippen molar-refractivity contribution in [2.75, 3.05) is 0 Å². The zero-order valence-electron chi connectivity index (χ0n) is 32.9. The van der Waals surface area contributed by atoms with E-state index in [1.54, 1.807) is 0 Å². The molecule has 278 valence electrons. The van der Waals surface area contributed by atoms with Crippen LogP contribution in [0.3, 0.4) is 0 Å². The molecule has 5 atom stereocenters. The maximum atomic E-state index is 4.91. The van der Waals surface area contributed by atoms with Crippen molar-refractivity contribution in [1.82, 2.24) is 4.98 Å². The zero-order chi connectivity index (χ0) is 38.0. The van der Waals surface area contributed by atoms with Crippen molar-refractivity contribution >= 4 is 37.1 Å². The topological polar surface area (TPSA) is 12.9 Å². The second-order valence-electron chi connectivity index (χ2n) is 16.0. The first-order valence-corrected chi connectivity index (χ1v) is 21.5. The largest absolute Gasteiger partial charge is 0.260 e. The van der Waals surface area contributed by atoms with E-state index in [-0.39, 0.29) is 0 Å². The van der Waals surface area contributed by atoms with Gasteiger partial charge in [0, 0.05) is 55.6 Å². The molecule has 0 aliphatic heterocycles. The third-order valence-corrected chi connectivity index (χ3v) is 13.8. The van der Waals surface area contributed by atoms with Crippen molar-refractivity contribution in [3.8, 4) is 11.1 Å². The molecule has 0 fully saturated rings. The Bertz CT molecular complexity index is 2560. The van der Waals surface area contributed by atoms with Crippen LogP contribution in [0, 0.1) is 17.8 Å². The fourth-order valence-electron chi connectivity index (χ4n) is 9.71. The first kappa shape index (κ1) is 36.3. The Hall–Kier alpha value is -5.31. The van der Waals surface area contributed by atoms with Crippen molar-refractivity contribution in [3.63, 3.8) is 0 Å². The van der Waals surface area contributed by atoms with Gasteiger partial charge >= 0.3 is 0 Å². The van der Waals surface area contributed by atoms with E-state index in [2.05, 4.69) is 179 Å². The summed E-state index contributed by atoms with van der Waals surface area (Å²) in [5, 5.41) is 2.75. The van der Waals surface area contributed by atoms with Gasteiger partial charge in [-0.3, -0.25) is 4.98 Å². The second-order valence-corrected chi connectivity index (χ2v) is 17.1. The fraction of sp³-hybridized carbons (Fsp3) is 0.241. The minimum Gasteiger partial charge on any atom is -0.260 e. The Balaban J connectivity index is 1.15. The maximum absolute atomic E-state index is 4.91. The van der Waals surface area contributed by atoms with Gasteiger partial charge in [0.1, 0.15) is 0 Å². The lowest BCUT2D eigenvalue weighted by Gasteiger charge is -2.26. The average molecular weight is 746 g/mol. The van der Waals surface area contributed by atoms with Gasteiger partial charge in [-0.05, 0) is 96.1 Å². The van der Waals surface area contributed by atoms with Crippen LogP contribution < -0.4 is 0 Å². The second kappa shape index (κ2) is 16.0. The molecule has 2 heteroatoms. The van der Waals surface area contributed by atoms with Crippen LogP contribution in [-0.4, -0.2) is 4.98 Å². The predicted octanol–water partition coefficient (Wildman–Crippen LogP) is 15.2. The molecule has 0 amide bonds. The highest BCUT2D eigenvalue weighted by atomic mass is 32.1.